The molecule has 11 nitrogen and oxygen atoms in total. The maximum absolute atomic E-state index is 14.1. The molecule has 1 aromatic carbocycles. The zero-order valence-electron chi connectivity index (χ0n) is 27.6. The van der Waals surface area contributed by atoms with E-state index in [9.17, 15) is 41.9 Å². The monoisotopic (exact) mass is 665 g/mol. The number of ketones is 2. The molecule has 0 aromatic heterocycles. The largest absolute Gasteiger partial charge is 0.471 e. The predicted octanol–water partition coefficient (Wildman–Crippen LogP) is 2.63. The van der Waals surface area contributed by atoms with Crippen LogP contribution in [0.2, 0.25) is 0 Å². The second-order valence-corrected chi connectivity index (χ2v) is 13.3. The van der Waals surface area contributed by atoms with Crippen molar-refractivity contribution in [2.75, 3.05) is 26.2 Å². The molecule has 260 valence electrons. The maximum Gasteiger partial charge on any atom is 0.471 e. The predicted molar refractivity (Wildman–Crippen MR) is 167 cm³/mol. The summed E-state index contributed by atoms with van der Waals surface area (Å²) >= 11 is 0. The van der Waals surface area contributed by atoms with Crippen LogP contribution in [0.25, 0.3) is 0 Å². The Labute approximate surface area is 273 Å². The number of carbonyl (C=O) groups excluding carboxylic acids is 6. The first-order valence-corrected chi connectivity index (χ1v) is 16.1. The summed E-state index contributed by atoms with van der Waals surface area (Å²) in [5.74, 6) is -6.67. The topological polar surface area (TPSA) is 145 Å². The third-order valence-electron chi connectivity index (χ3n) is 8.62. The summed E-state index contributed by atoms with van der Waals surface area (Å²) in [6, 6.07) is 3.17. The van der Waals surface area contributed by atoms with Crippen molar-refractivity contribution < 1.29 is 41.9 Å². The second-order valence-electron chi connectivity index (χ2n) is 13.3. The van der Waals surface area contributed by atoms with Gasteiger partial charge in [-0.3, -0.25) is 33.7 Å². The van der Waals surface area contributed by atoms with Gasteiger partial charge in [0.05, 0.1) is 6.04 Å². The Morgan fingerprint density at radius 3 is 2.13 bits per heavy atom. The van der Waals surface area contributed by atoms with Crippen molar-refractivity contribution in [1.29, 1.82) is 0 Å². The molecule has 2 aliphatic heterocycles. The molecule has 5 atom stereocenters. The average Bonchev–Trinajstić information content (AvgIpc) is 3.64. The highest BCUT2D eigenvalue weighted by molar-refractivity contribution is 6.45. The molecule has 2 aliphatic rings. The average molecular weight is 666 g/mol. The quantitative estimate of drug-likeness (QED) is 0.205. The van der Waals surface area contributed by atoms with Crippen LogP contribution in [-0.2, 0) is 24.0 Å². The van der Waals surface area contributed by atoms with Crippen LogP contribution in [0.4, 0.5) is 13.2 Å². The summed E-state index contributed by atoms with van der Waals surface area (Å²) in [6.45, 7) is 10.1. The van der Waals surface area contributed by atoms with Gasteiger partial charge in [-0.15, -0.1) is 0 Å². The van der Waals surface area contributed by atoms with E-state index in [0.29, 0.717) is 26.1 Å². The van der Waals surface area contributed by atoms with Crippen LogP contribution >= 0.6 is 0 Å². The van der Waals surface area contributed by atoms with Crippen molar-refractivity contribution in [2.45, 2.75) is 97.1 Å². The number of likely N-dealkylation sites (tertiary alicyclic amines) is 1. The van der Waals surface area contributed by atoms with Gasteiger partial charge in [0.2, 0.25) is 29.3 Å². The molecule has 2 saturated heterocycles. The molecule has 4 amide bonds. The number of carbonyl (C=O) groups is 6. The van der Waals surface area contributed by atoms with Gasteiger partial charge in [-0.2, -0.15) is 13.2 Å². The summed E-state index contributed by atoms with van der Waals surface area (Å²) in [5.41, 5.74) is -1.06. The number of hydrogen-bond acceptors (Lipinski definition) is 7. The van der Waals surface area contributed by atoms with Crippen LogP contribution in [0.5, 0.6) is 0 Å². The van der Waals surface area contributed by atoms with Crippen LogP contribution in [0, 0.1) is 11.3 Å². The van der Waals surface area contributed by atoms with Crippen molar-refractivity contribution in [3.63, 3.8) is 0 Å². The van der Waals surface area contributed by atoms with Crippen LogP contribution in [0.15, 0.2) is 30.3 Å². The number of nitrogens with one attached hydrogen (secondary N) is 3. The van der Waals surface area contributed by atoms with Crippen molar-refractivity contribution in [1.82, 2.24) is 25.8 Å². The van der Waals surface area contributed by atoms with E-state index in [2.05, 4.69) is 15.5 Å². The minimum absolute atomic E-state index is 0.00201. The van der Waals surface area contributed by atoms with Crippen molar-refractivity contribution in [3.8, 4) is 0 Å². The fourth-order valence-corrected chi connectivity index (χ4v) is 6.19. The highest BCUT2D eigenvalue weighted by Crippen LogP contribution is 2.30. The summed E-state index contributed by atoms with van der Waals surface area (Å²) in [7, 11) is 0. The van der Waals surface area contributed by atoms with Crippen LogP contribution in [-0.4, -0.2) is 102 Å². The van der Waals surface area contributed by atoms with Gasteiger partial charge in [0.1, 0.15) is 12.1 Å². The van der Waals surface area contributed by atoms with Crippen LogP contribution in [0.3, 0.4) is 0 Å². The van der Waals surface area contributed by atoms with Crippen molar-refractivity contribution in [3.05, 3.63) is 35.9 Å². The third-order valence-corrected chi connectivity index (χ3v) is 8.62. The zero-order chi connectivity index (χ0) is 35.1. The Morgan fingerprint density at radius 2 is 1.62 bits per heavy atom. The first-order valence-electron chi connectivity index (χ1n) is 16.1. The Bertz CT molecular complexity index is 1310. The Morgan fingerprint density at radius 1 is 1.00 bits per heavy atom. The highest BCUT2D eigenvalue weighted by Gasteiger charge is 2.49. The molecule has 2 heterocycles. The van der Waals surface area contributed by atoms with E-state index in [-0.39, 0.29) is 36.9 Å². The van der Waals surface area contributed by atoms with Crippen molar-refractivity contribution >= 4 is 35.2 Å². The molecule has 0 bridgehead atoms. The molecular formula is C33H46F3N5O6. The van der Waals surface area contributed by atoms with E-state index in [0.717, 1.165) is 12.8 Å². The lowest BCUT2D eigenvalue weighted by molar-refractivity contribution is -0.176. The number of nitrogens with zero attached hydrogens (tertiary/aromatic N) is 2. The molecule has 14 heteroatoms. The van der Waals surface area contributed by atoms with Gasteiger partial charge in [0.25, 0.3) is 0 Å². The lowest BCUT2D eigenvalue weighted by atomic mass is 9.85. The van der Waals surface area contributed by atoms with E-state index < -0.39 is 64.9 Å². The summed E-state index contributed by atoms with van der Waals surface area (Å²) < 4.78 is 39.9. The normalized spacial score (nSPS) is 21.3. The Hall–Kier alpha value is -3.81. The summed E-state index contributed by atoms with van der Waals surface area (Å²) in [4.78, 5) is 82.6. The van der Waals surface area contributed by atoms with Gasteiger partial charge < -0.3 is 20.9 Å². The number of benzene rings is 1. The molecule has 47 heavy (non-hydrogen) atoms. The first kappa shape index (κ1) is 37.6. The van der Waals surface area contributed by atoms with E-state index in [1.807, 2.05) is 19.2 Å². The van der Waals surface area contributed by atoms with Gasteiger partial charge in [-0.1, -0.05) is 65.0 Å². The molecule has 0 aliphatic carbocycles. The standard InChI is InChI=1S/C33H46F3N5O6/c1-6-15-40(16-7-2)22-18-24(41(19-22)30(46)27(32(3,4)5)39-31(47)33(34,35)36)29(45)38-23(17-21-13-14-37-28(21)44)26(43)25(42)20-11-9-8-10-12-20/h8-12,21-24,27H,6-7,13-19H2,1-5H3,(H,37,44)(H,38,45)(H,39,47)/t21?,22-,23?,24+,27-/m1/s1. The SMILES string of the molecule is CCCN(CCC)[C@@H]1C[C@@H](C(=O)NC(CC2CCNC2=O)C(=O)C(=O)c2ccccc2)N(C(=O)[C@@H](NC(=O)C(F)(F)F)C(C)(C)C)C1. The molecule has 3 rings (SSSR count). The molecule has 2 fully saturated rings. The van der Waals surface area contributed by atoms with Gasteiger partial charge in [-0.25, -0.2) is 0 Å². The minimum Gasteiger partial charge on any atom is -0.356 e. The van der Waals surface area contributed by atoms with Crippen LogP contribution in [0.1, 0.15) is 77.1 Å². The fraction of sp³-hybridized carbons (Fsp3) is 0.636. The lowest BCUT2D eigenvalue weighted by Gasteiger charge is -2.36. The van der Waals surface area contributed by atoms with Gasteiger partial charge >= 0.3 is 12.1 Å². The molecule has 2 unspecified atom stereocenters. The van der Waals surface area contributed by atoms with E-state index >= 15 is 0 Å². The highest BCUT2D eigenvalue weighted by atomic mass is 19.4. The molecule has 3 N–H and O–H groups in total. The summed E-state index contributed by atoms with van der Waals surface area (Å²) in [6.07, 6.45) is -3.34. The number of amides is 4. The first-order chi connectivity index (χ1) is 22.0. The molecule has 0 radical (unpaired) electrons. The lowest BCUT2D eigenvalue weighted by Crippen LogP contribution is -2.60. The number of hydrogen-bond donors (Lipinski definition) is 3. The number of rotatable bonds is 14. The van der Waals surface area contributed by atoms with Gasteiger partial charge in [-0.05, 0) is 50.6 Å². The van der Waals surface area contributed by atoms with Crippen molar-refractivity contribution in [2.24, 2.45) is 11.3 Å². The minimum atomic E-state index is -5.24. The van der Waals surface area contributed by atoms with E-state index in [1.54, 1.807) is 18.2 Å². The molecular weight excluding hydrogens is 619 g/mol. The number of alkyl halides is 3. The zero-order valence-corrected chi connectivity index (χ0v) is 27.6. The summed E-state index contributed by atoms with van der Waals surface area (Å²) in [5, 5.41) is 7.15. The fourth-order valence-electron chi connectivity index (χ4n) is 6.19. The molecule has 0 saturated carbocycles. The Kier molecular flexibility index (Phi) is 12.7. The number of halogens is 3. The van der Waals surface area contributed by atoms with Gasteiger partial charge in [0, 0.05) is 30.6 Å². The van der Waals surface area contributed by atoms with E-state index in [4.69, 9.17) is 0 Å². The second kappa shape index (κ2) is 15.9. The van der Waals surface area contributed by atoms with Gasteiger partial charge in [0.15, 0.2) is 0 Å². The smallest absolute Gasteiger partial charge is 0.356 e. The maximum atomic E-state index is 14.1. The molecule has 0 spiro atoms. The number of Topliss-reactive ketones (excluding diaryl/α,β-unsaturated/α-hetero) is 2. The Balaban J connectivity index is 1.98. The van der Waals surface area contributed by atoms with Crippen LogP contribution < -0.4 is 16.0 Å². The molecule has 1 aromatic rings. The van der Waals surface area contributed by atoms with E-state index in [1.165, 1.54) is 37.8 Å². The third kappa shape index (κ3) is 9.61.